The number of likely N-dealkylation sites (N-methyl/N-ethyl adjacent to an activating group) is 1. The van der Waals surface area contributed by atoms with E-state index in [1.807, 2.05) is 20.8 Å². The molecule has 0 saturated heterocycles. The zero-order valence-electron chi connectivity index (χ0n) is 59.8. The maximum absolute atomic E-state index is 14.0. The van der Waals surface area contributed by atoms with Crippen molar-refractivity contribution < 1.29 is 91.4 Å². The number of hydrogen-bond acceptors (Lipinski definition) is 20. The summed E-state index contributed by atoms with van der Waals surface area (Å²) in [6.07, 6.45) is 11.8. The van der Waals surface area contributed by atoms with Crippen molar-refractivity contribution in [3.05, 3.63) is 0 Å². The minimum atomic E-state index is -1.44. The van der Waals surface area contributed by atoms with Crippen LogP contribution in [0.3, 0.4) is 0 Å². The first-order chi connectivity index (χ1) is 46.9. The highest BCUT2D eigenvalue weighted by Crippen LogP contribution is 2.16. The van der Waals surface area contributed by atoms with Gasteiger partial charge in [-0.05, 0) is 120 Å². The second-order valence-corrected chi connectivity index (χ2v) is 27.0. The molecule has 31 heteroatoms. The van der Waals surface area contributed by atoms with Crippen LogP contribution in [0.4, 0.5) is 4.79 Å². The average Bonchev–Trinajstić information content (AvgIpc) is 0.858. The smallest absolute Gasteiger partial charge is 0.404 e. The van der Waals surface area contributed by atoms with Gasteiger partial charge in [-0.3, -0.25) is 52.7 Å². The first-order valence-corrected chi connectivity index (χ1v) is 37.6. The molecular formula is C67H122N10O19S2. The third-order valence-corrected chi connectivity index (χ3v) is 17.6. The Morgan fingerprint density at radius 2 is 0.939 bits per heavy atom. The van der Waals surface area contributed by atoms with E-state index in [2.05, 4.69) is 47.9 Å². The molecule has 0 aliphatic heterocycles. The molecule has 0 spiro atoms. The molecule has 0 aromatic heterocycles. The maximum atomic E-state index is 14.0. The maximum Gasteiger partial charge on any atom is 0.404 e. The average molecular weight is 1440 g/mol. The Morgan fingerprint density at radius 3 is 1.54 bits per heavy atom. The SMILES string of the molecule is CC[C@H](C)[C@H](NC(=O)[C@@H](NC(=O)C(CCC(=O)O)NC(=O)[C@H](CCSC)NC(=O)C(CC(C)C)NC(=O)C(CCCCNC(=O)COCC(=O)CCCCOCCOCCOCCOCCCC(=O)CCCNC(=O)CCCCCCCSCCNC(=O)O)NC)[C@@H](C)CC)C(N)=O. The molecule has 0 aromatic carbocycles. The molecule has 29 nitrogen and oxygen atoms in total. The standard InChI is InChI=1S/C67H122N10O19S2/c1-9-48(5)59(61(68)84)76-66(89)60(49(6)10-2)77-64(87)53(27-28-58(82)83)73-63(86)54(29-42-97-8)74-65(88)55(44-47(3)4)75-62(85)52(69-7)25-15-17-30-71-57(81)46-96-45-51(79)22-16-18-33-92-35-37-94-39-40-95-38-36-93-34-21-24-50(78)23-20-31-70-56(80)26-14-12-11-13-19-41-98-43-32-72-67(90)91/h47-49,52-55,59-60,69,72H,9-46H2,1-8H3,(H2,68,84)(H,70,80)(H,71,81)(H,73,86)(H,74,88)(H,75,85)(H,76,89)(H,77,87)(H,82,83)(H,90,91)/t48-,49-,52?,53?,54-,55?,59-,60-/m0/s1. The van der Waals surface area contributed by atoms with Crippen molar-refractivity contribution in [2.24, 2.45) is 23.5 Å². The lowest BCUT2D eigenvalue weighted by atomic mass is 9.94. The van der Waals surface area contributed by atoms with Crippen molar-refractivity contribution in [3.63, 3.8) is 0 Å². The van der Waals surface area contributed by atoms with Crippen LogP contribution in [-0.4, -0.2) is 234 Å². The largest absolute Gasteiger partial charge is 0.481 e. The number of aliphatic carboxylic acids is 1. The van der Waals surface area contributed by atoms with E-state index in [0.717, 1.165) is 43.6 Å². The van der Waals surface area contributed by atoms with Gasteiger partial charge in [0.1, 0.15) is 49.2 Å². The summed E-state index contributed by atoms with van der Waals surface area (Å²) in [7, 11) is 1.60. The Bertz CT molecular complexity index is 2300. The van der Waals surface area contributed by atoms with Gasteiger partial charge in [-0.15, -0.1) is 0 Å². The van der Waals surface area contributed by atoms with E-state index in [0.29, 0.717) is 149 Å². The third-order valence-electron chi connectivity index (χ3n) is 15.9. The number of unbranched alkanes of at least 4 members (excludes halogenated alkanes) is 6. The van der Waals surface area contributed by atoms with Crippen molar-refractivity contribution in [2.75, 3.05) is 116 Å². The summed E-state index contributed by atoms with van der Waals surface area (Å²) in [5.41, 5.74) is 5.59. The van der Waals surface area contributed by atoms with Crippen molar-refractivity contribution in [2.45, 2.75) is 219 Å². The second kappa shape index (κ2) is 60.1. The number of thioether (sulfide) groups is 2. The van der Waals surface area contributed by atoms with Gasteiger partial charge in [0.25, 0.3) is 0 Å². The van der Waals surface area contributed by atoms with Gasteiger partial charge in [-0.2, -0.15) is 23.5 Å². The minimum Gasteiger partial charge on any atom is -0.481 e. The number of nitrogens with one attached hydrogen (secondary N) is 9. The van der Waals surface area contributed by atoms with Gasteiger partial charge in [0.05, 0.1) is 45.7 Å². The molecule has 13 N–H and O–H groups in total. The van der Waals surface area contributed by atoms with Crippen LogP contribution in [-0.2, 0) is 76.4 Å². The fraction of sp³-hybridized carbons (Fsp3) is 0.821. The van der Waals surface area contributed by atoms with Crippen LogP contribution in [0.15, 0.2) is 0 Å². The monoisotopic (exact) mass is 1430 g/mol. The summed E-state index contributed by atoms with van der Waals surface area (Å²) in [5.74, 6) is -4.43. The quantitative estimate of drug-likeness (QED) is 0.0384. The number of nitrogens with two attached hydrogens (primary N) is 1. The molecule has 0 radical (unpaired) electrons. The number of ketones is 2. The lowest BCUT2D eigenvalue weighted by Gasteiger charge is -2.30. The van der Waals surface area contributed by atoms with E-state index in [1.165, 1.54) is 11.8 Å². The van der Waals surface area contributed by atoms with E-state index < -0.39 is 102 Å². The molecule has 3 unspecified atom stereocenters. The van der Waals surface area contributed by atoms with E-state index in [-0.39, 0.29) is 74.8 Å². The highest BCUT2D eigenvalue weighted by molar-refractivity contribution is 7.99. The summed E-state index contributed by atoms with van der Waals surface area (Å²) in [6, 6.07) is -6.64. The molecule has 0 aromatic rings. The van der Waals surface area contributed by atoms with E-state index in [9.17, 15) is 62.6 Å². The van der Waals surface area contributed by atoms with Gasteiger partial charge in [0.2, 0.25) is 47.3 Å². The molecule has 0 heterocycles. The van der Waals surface area contributed by atoms with Gasteiger partial charge < -0.3 is 87.5 Å². The molecule has 0 fully saturated rings. The summed E-state index contributed by atoms with van der Waals surface area (Å²) >= 11 is 3.14. The predicted octanol–water partition coefficient (Wildman–Crippen LogP) is 3.94. The summed E-state index contributed by atoms with van der Waals surface area (Å²) in [5, 5.41) is 42.5. The topological polar surface area (TPSA) is 426 Å². The minimum absolute atomic E-state index is 0.0163. The van der Waals surface area contributed by atoms with Gasteiger partial charge in [0, 0.05) is 70.7 Å². The van der Waals surface area contributed by atoms with E-state index in [1.54, 1.807) is 45.8 Å². The summed E-state index contributed by atoms with van der Waals surface area (Å²) in [4.78, 5) is 153. The number of Topliss-reactive ketones (excluding diaryl/α,β-unsaturated/α-hetero) is 2. The molecule has 566 valence electrons. The molecule has 0 bridgehead atoms. The number of amides is 9. The second-order valence-electron chi connectivity index (χ2n) is 24.8. The highest BCUT2D eigenvalue weighted by atomic mass is 32.2. The number of carboxylic acid groups (broad SMARTS) is 2. The van der Waals surface area contributed by atoms with Gasteiger partial charge in [-0.25, -0.2) is 4.79 Å². The molecule has 0 rings (SSSR count). The number of ether oxygens (including phenoxy) is 5. The van der Waals surface area contributed by atoms with Crippen molar-refractivity contribution in [3.8, 4) is 0 Å². The number of carboxylic acids is 1. The molecule has 0 saturated carbocycles. The first kappa shape index (κ1) is 92.3. The van der Waals surface area contributed by atoms with E-state index in [4.69, 9.17) is 34.5 Å². The van der Waals surface area contributed by atoms with Crippen LogP contribution in [0, 0.1) is 17.8 Å². The molecule has 0 aliphatic carbocycles. The normalized spacial score (nSPS) is 13.7. The van der Waals surface area contributed by atoms with Crippen LogP contribution in [0.5, 0.6) is 0 Å². The van der Waals surface area contributed by atoms with Crippen molar-refractivity contribution in [1.29, 1.82) is 0 Å². The van der Waals surface area contributed by atoms with Gasteiger partial charge in [0.15, 0.2) is 5.78 Å². The lowest BCUT2D eigenvalue weighted by Crippen LogP contribution is -2.61. The molecule has 8 atom stereocenters. The van der Waals surface area contributed by atoms with E-state index >= 15 is 0 Å². The van der Waals surface area contributed by atoms with Crippen LogP contribution in [0.1, 0.15) is 183 Å². The number of primary amides is 1. The Labute approximate surface area is 589 Å². The lowest BCUT2D eigenvalue weighted by molar-refractivity contribution is -0.139. The molecule has 9 amide bonds. The number of carbonyl (C=O) groups excluding carboxylic acids is 10. The third kappa shape index (κ3) is 49.8. The highest BCUT2D eigenvalue weighted by Gasteiger charge is 2.35. The fourth-order valence-electron chi connectivity index (χ4n) is 9.72. The van der Waals surface area contributed by atoms with Gasteiger partial charge >= 0.3 is 12.1 Å². The number of rotatable bonds is 66. The summed E-state index contributed by atoms with van der Waals surface area (Å²) in [6.45, 7) is 14.9. The van der Waals surface area contributed by atoms with Crippen molar-refractivity contribution >= 4 is 94.4 Å². The van der Waals surface area contributed by atoms with Crippen LogP contribution < -0.4 is 53.6 Å². The van der Waals surface area contributed by atoms with Crippen molar-refractivity contribution in [1.82, 2.24) is 47.9 Å². The molecular weight excluding hydrogens is 1310 g/mol. The Morgan fingerprint density at radius 1 is 0.429 bits per heavy atom. The summed E-state index contributed by atoms with van der Waals surface area (Å²) < 4.78 is 27.6. The zero-order valence-corrected chi connectivity index (χ0v) is 61.4. The van der Waals surface area contributed by atoms with Gasteiger partial charge in [-0.1, -0.05) is 73.6 Å². The van der Waals surface area contributed by atoms with Crippen LogP contribution >= 0.6 is 23.5 Å². The number of carbonyl (C=O) groups is 12. The Balaban J connectivity index is 4.51. The molecule has 0 aliphatic rings. The fourth-order valence-corrected chi connectivity index (χ4v) is 11.0. The molecule has 98 heavy (non-hydrogen) atoms. The zero-order chi connectivity index (χ0) is 73.3. The Kier molecular flexibility index (Phi) is 56.6. The Hall–Kier alpha value is -5.70. The van der Waals surface area contributed by atoms with Crippen LogP contribution in [0.2, 0.25) is 0 Å². The first-order valence-electron chi connectivity index (χ1n) is 35.1. The number of hydrogen-bond donors (Lipinski definition) is 12. The van der Waals surface area contributed by atoms with Crippen LogP contribution in [0.25, 0.3) is 0 Å². The predicted molar refractivity (Wildman–Crippen MR) is 377 cm³/mol.